The average Bonchev–Trinajstić information content (AvgIpc) is 3.38. The summed E-state index contributed by atoms with van der Waals surface area (Å²) in [5.41, 5.74) is 8.55. The number of phenols is 1. The van der Waals surface area contributed by atoms with Gasteiger partial charge in [0, 0.05) is 11.8 Å². The number of aromatic nitrogens is 2. The molecule has 0 unspecified atom stereocenters. The summed E-state index contributed by atoms with van der Waals surface area (Å²) < 4.78 is 1.45. The third-order valence-electron chi connectivity index (χ3n) is 4.69. The van der Waals surface area contributed by atoms with E-state index in [-0.39, 0.29) is 23.8 Å². The lowest BCUT2D eigenvalue weighted by molar-refractivity contribution is 0.473. The number of aromatic hydroxyl groups is 1. The second-order valence-corrected chi connectivity index (χ2v) is 6.54. The Hall–Kier alpha value is -2.89. The second-order valence-electron chi connectivity index (χ2n) is 6.54. The summed E-state index contributed by atoms with van der Waals surface area (Å²) in [6.07, 6.45) is 3.78. The average molecular weight is 338 g/mol. The number of hydrogen-bond donors (Lipinski definition) is 3. The van der Waals surface area contributed by atoms with Crippen LogP contribution in [0.25, 0.3) is 0 Å². The zero-order valence-corrected chi connectivity index (χ0v) is 14.4. The van der Waals surface area contributed by atoms with Crippen LogP contribution in [0.1, 0.15) is 30.9 Å². The van der Waals surface area contributed by atoms with Crippen LogP contribution >= 0.6 is 0 Å². The highest BCUT2D eigenvalue weighted by Crippen LogP contribution is 2.39. The Balaban J connectivity index is 2.06. The molecule has 4 N–H and O–H groups in total. The summed E-state index contributed by atoms with van der Waals surface area (Å²) in [5.74, 6) is 0.699. The summed E-state index contributed by atoms with van der Waals surface area (Å²) in [4.78, 5) is 15.9. The zero-order chi connectivity index (χ0) is 18.1. The molecule has 1 heterocycles. The van der Waals surface area contributed by atoms with E-state index in [9.17, 15) is 9.90 Å². The molecule has 0 radical (unpaired) electrons. The molecule has 1 aromatic carbocycles. The summed E-state index contributed by atoms with van der Waals surface area (Å²) in [6, 6.07) is 6.77. The lowest BCUT2D eigenvalue weighted by atomic mass is 9.92. The van der Waals surface area contributed by atoms with E-state index in [1.165, 1.54) is 4.57 Å². The Morgan fingerprint density at radius 2 is 2.12 bits per heavy atom. The van der Waals surface area contributed by atoms with E-state index in [2.05, 4.69) is 4.98 Å². The van der Waals surface area contributed by atoms with Crippen molar-refractivity contribution in [3.8, 4) is 5.75 Å². The third-order valence-corrected chi connectivity index (χ3v) is 4.69. The predicted molar refractivity (Wildman–Crippen MR) is 98.0 cm³/mol. The van der Waals surface area contributed by atoms with Gasteiger partial charge in [0.25, 0.3) is 0 Å². The number of nitrogens with one attached hydrogen (secondary N) is 1. The molecule has 3 rings (SSSR count). The van der Waals surface area contributed by atoms with Gasteiger partial charge in [-0.2, -0.15) is 4.98 Å². The van der Waals surface area contributed by atoms with Crippen molar-refractivity contribution in [1.82, 2.24) is 9.55 Å². The van der Waals surface area contributed by atoms with Gasteiger partial charge in [-0.3, -0.25) is 9.98 Å². The molecule has 0 amide bonds. The third kappa shape index (κ3) is 3.47. The standard InChI is InChI=1S/C19H22N4O2/c1-11-4-3-5-15(24)17(11)18(21)14(12(2)13-6-7-13)10-23-9-8-16(20)22-19(23)25/h3-5,8-9,13,21,24H,6-7,10H2,1-2H3,(H2,20,22,25)/b14-12+,21-18?. The van der Waals surface area contributed by atoms with Crippen LogP contribution in [-0.4, -0.2) is 20.4 Å². The van der Waals surface area contributed by atoms with Gasteiger partial charge in [-0.05, 0) is 55.9 Å². The molecule has 6 nitrogen and oxygen atoms in total. The van der Waals surface area contributed by atoms with Gasteiger partial charge in [0.1, 0.15) is 11.6 Å². The monoisotopic (exact) mass is 338 g/mol. The SMILES string of the molecule is C/C(=C(/Cn1ccc(N)nc1=O)C(=N)c1c(C)cccc1O)C1CC1. The Kier molecular flexibility index (Phi) is 4.44. The lowest BCUT2D eigenvalue weighted by Gasteiger charge is -2.17. The maximum absolute atomic E-state index is 12.1. The van der Waals surface area contributed by atoms with E-state index in [1.807, 2.05) is 19.9 Å². The second kappa shape index (κ2) is 6.55. The predicted octanol–water partition coefficient (Wildman–Crippen LogP) is 2.63. The van der Waals surface area contributed by atoms with Crippen molar-refractivity contribution in [2.45, 2.75) is 33.2 Å². The lowest BCUT2D eigenvalue weighted by Crippen LogP contribution is -2.26. The van der Waals surface area contributed by atoms with Gasteiger partial charge >= 0.3 is 5.69 Å². The fraction of sp³-hybridized carbons (Fsp3) is 0.316. The van der Waals surface area contributed by atoms with Crippen molar-refractivity contribution in [3.05, 3.63) is 63.2 Å². The van der Waals surface area contributed by atoms with E-state index in [0.29, 0.717) is 11.5 Å². The molecular weight excluding hydrogens is 316 g/mol. The van der Waals surface area contributed by atoms with E-state index in [1.54, 1.807) is 24.4 Å². The highest BCUT2D eigenvalue weighted by Gasteiger charge is 2.28. The largest absolute Gasteiger partial charge is 0.507 e. The quantitative estimate of drug-likeness (QED) is 0.729. The maximum Gasteiger partial charge on any atom is 0.349 e. The van der Waals surface area contributed by atoms with Crippen LogP contribution in [-0.2, 0) is 6.54 Å². The first-order chi connectivity index (χ1) is 11.9. The minimum Gasteiger partial charge on any atom is -0.507 e. The van der Waals surface area contributed by atoms with Crippen LogP contribution < -0.4 is 11.4 Å². The van der Waals surface area contributed by atoms with Crippen molar-refractivity contribution in [2.75, 3.05) is 5.73 Å². The Morgan fingerprint density at radius 1 is 1.40 bits per heavy atom. The van der Waals surface area contributed by atoms with E-state index >= 15 is 0 Å². The Labute approximate surface area is 146 Å². The first kappa shape index (κ1) is 17.0. The van der Waals surface area contributed by atoms with Crippen molar-refractivity contribution in [2.24, 2.45) is 5.92 Å². The number of allylic oxidation sites excluding steroid dienone is 2. The van der Waals surface area contributed by atoms with E-state index in [4.69, 9.17) is 11.1 Å². The molecule has 25 heavy (non-hydrogen) atoms. The molecule has 0 saturated heterocycles. The number of anilines is 1. The molecule has 0 spiro atoms. The first-order valence-corrected chi connectivity index (χ1v) is 8.29. The molecule has 0 bridgehead atoms. The molecule has 1 fully saturated rings. The summed E-state index contributed by atoms with van der Waals surface area (Å²) in [5, 5.41) is 18.9. The van der Waals surface area contributed by atoms with Crippen LogP contribution in [0.4, 0.5) is 5.82 Å². The number of phenolic OH excluding ortho intramolecular Hbond substituents is 1. The molecular formula is C19H22N4O2. The van der Waals surface area contributed by atoms with Crippen molar-refractivity contribution < 1.29 is 5.11 Å². The van der Waals surface area contributed by atoms with Gasteiger partial charge in [0.2, 0.25) is 0 Å². The number of hydrogen-bond acceptors (Lipinski definition) is 5. The molecule has 1 aromatic heterocycles. The first-order valence-electron chi connectivity index (χ1n) is 8.29. The Bertz CT molecular complexity index is 903. The zero-order valence-electron chi connectivity index (χ0n) is 14.4. The molecule has 0 atom stereocenters. The van der Waals surface area contributed by atoms with E-state index in [0.717, 1.165) is 29.6 Å². The van der Waals surface area contributed by atoms with Gasteiger partial charge in [0.05, 0.1) is 12.3 Å². The number of nitrogen functional groups attached to an aromatic ring is 1. The molecule has 2 aromatic rings. The molecule has 6 heteroatoms. The van der Waals surface area contributed by atoms with Crippen LogP contribution in [0.2, 0.25) is 0 Å². The van der Waals surface area contributed by atoms with Crippen LogP contribution in [0.15, 0.2) is 46.4 Å². The maximum atomic E-state index is 12.1. The van der Waals surface area contributed by atoms with E-state index < -0.39 is 5.69 Å². The minimum atomic E-state index is -0.442. The van der Waals surface area contributed by atoms with Crippen LogP contribution in [0.3, 0.4) is 0 Å². The number of rotatable bonds is 5. The molecule has 130 valence electrons. The van der Waals surface area contributed by atoms with Gasteiger partial charge in [-0.25, -0.2) is 4.79 Å². The topological polar surface area (TPSA) is 105 Å². The minimum absolute atomic E-state index is 0.0777. The fourth-order valence-corrected chi connectivity index (χ4v) is 3.02. The summed E-state index contributed by atoms with van der Waals surface area (Å²) in [7, 11) is 0. The molecule has 1 aliphatic carbocycles. The smallest absolute Gasteiger partial charge is 0.349 e. The molecule has 1 aliphatic rings. The normalized spacial score (nSPS) is 15.0. The van der Waals surface area contributed by atoms with Gasteiger partial charge in [0.15, 0.2) is 0 Å². The number of benzene rings is 1. The fourth-order valence-electron chi connectivity index (χ4n) is 3.02. The van der Waals surface area contributed by atoms with Crippen LogP contribution in [0, 0.1) is 18.3 Å². The highest BCUT2D eigenvalue weighted by atomic mass is 16.3. The Morgan fingerprint density at radius 3 is 2.72 bits per heavy atom. The summed E-state index contributed by atoms with van der Waals surface area (Å²) in [6.45, 7) is 4.11. The number of nitrogens with two attached hydrogens (primary N) is 1. The van der Waals surface area contributed by atoms with Gasteiger partial charge in [-0.15, -0.1) is 0 Å². The number of aryl methyl sites for hydroxylation is 1. The number of nitrogens with zero attached hydrogens (tertiary/aromatic N) is 2. The van der Waals surface area contributed by atoms with Gasteiger partial charge in [-0.1, -0.05) is 17.7 Å². The summed E-state index contributed by atoms with van der Waals surface area (Å²) >= 11 is 0. The van der Waals surface area contributed by atoms with Crippen LogP contribution in [0.5, 0.6) is 5.75 Å². The van der Waals surface area contributed by atoms with Gasteiger partial charge < -0.3 is 10.8 Å². The van der Waals surface area contributed by atoms with Crippen molar-refractivity contribution in [3.63, 3.8) is 0 Å². The van der Waals surface area contributed by atoms with Crippen molar-refractivity contribution in [1.29, 1.82) is 5.41 Å². The molecule has 1 saturated carbocycles. The molecule has 0 aliphatic heterocycles. The van der Waals surface area contributed by atoms with Crippen molar-refractivity contribution >= 4 is 11.5 Å². The highest BCUT2D eigenvalue weighted by molar-refractivity contribution is 6.13.